The predicted octanol–water partition coefficient (Wildman–Crippen LogP) is 0.191. The molecule has 2 aliphatic heterocycles. The maximum absolute atomic E-state index is 12.4. The van der Waals surface area contributed by atoms with Gasteiger partial charge in [-0.05, 0) is 39.9 Å². The number of ketones is 1. The van der Waals surface area contributed by atoms with Crippen LogP contribution < -0.4 is 5.32 Å². The van der Waals surface area contributed by atoms with Crippen molar-refractivity contribution in [3.8, 4) is 0 Å². The zero-order valence-corrected chi connectivity index (χ0v) is 11.1. The summed E-state index contributed by atoms with van der Waals surface area (Å²) >= 11 is 0. The topological polar surface area (TPSA) is 35.6 Å². The number of nitrogens with zero attached hydrogens (tertiary/aromatic N) is 2. The Labute approximate surface area is 104 Å². The molecule has 2 saturated heterocycles. The molecule has 0 aromatic heterocycles. The van der Waals surface area contributed by atoms with Gasteiger partial charge in [-0.1, -0.05) is 0 Å². The Balaban J connectivity index is 1.85. The summed E-state index contributed by atoms with van der Waals surface area (Å²) in [7, 11) is 2.14. The lowest BCUT2D eigenvalue weighted by Gasteiger charge is -2.35. The SMILES string of the molecule is CC(C(=O)C1CCN(C)CC1)N1CCNCC1. The molecule has 4 heteroatoms. The number of Topliss-reactive ketones (excluding diaryl/α,β-unsaturated/α-hetero) is 1. The van der Waals surface area contributed by atoms with Gasteiger partial charge in [0.1, 0.15) is 0 Å². The van der Waals surface area contributed by atoms with Crippen molar-refractivity contribution in [1.29, 1.82) is 0 Å². The Morgan fingerprint density at radius 3 is 2.35 bits per heavy atom. The van der Waals surface area contributed by atoms with Gasteiger partial charge in [-0.3, -0.25) is 9.69 Å². The lowest BCUT2D eigenvalue weighted by atomic mass is 9.89. The molecule has 0 amide bonds. The van der Waals surface area contributed by atoms with E-state index >= 15 is 0 Å². The van der Waals surface area contributed by atoms with Crippen molar-refractivity contribution in [2.75, 3.05) is 46.3 Å². The molecule has 0 radical (unpaired) electrons. The van der Waals surface area contributed by atoms with Crippen LogP contribution in [0.2, 0.25) is 0 Å². The van der Waals surface area contributed by atoms with E-state index in [0.717, 1.165) is 52.1 Å². The fourth-order valence-corrected chi connectivity index (χ4v) is 2.88. The first-order valence-corrected chi connectivity index (χ1v) is 6.85. The summed E-state index contributed by atoms with van der Waals surface area (Å²) in [6, 6.07) is 0.116. The van der Waals surface area contributed by atoms with Crippen LogP contribution in [0.25, 0.3) is 0 Å². The lowest BCUT2D eigenvalue weighted by Crippen LogP contribution is -2.52. The molecule has 2 aliphatic rings. The highest BCUT2D eigenvalue weighted by molar-refractivity contribution is 5.86. The van der Waals surface area contributed by atoms with Gasteiger partial charge in [-0.15, -0.1) is 0 Å². The normalized spacial score (nSPS) is 26.9. The van der Waals surface area contributed by atoms with Crippen molar-refractivity contribution in [2.45, 2.75) is 25.8 Å². The highest BCUT2D eigenvalue weighted by Gasteiger charge is 2.30. The number of carbonyl (C=O) groups excluding carboxylic acids is 1. The average molecular weight is 239 g/mol. The first-order chi connectivity index (χ1) is 8.18. The van der Waals surface area contributed by atoms with Crippen LogP contribution >= 0.6 is 0 Å². The Bertz CT molecular complexity index is 255. The van der Waals surface area contributed by atoms with Gasteiger partial charge in [0.05, 0.1) is 6.04 Å². The Morgan fingerprint density at radius 2 is 1.76 bits per heavy atom. The van der Waals surface area contributed by atoms with Gasteiger partial charge in [-0.25, -0.2) is 0 Å². The third-order valence-corrected chi connectivity index (χ3v) is 4.23. The fraction of sp³-hybridized carbons (Fsp3) is 0.923. The van der Waals surface area contributed by atoms with E-state index in [4.69, 9.17) is 0 Å². The second-order valence-corrected chi connectivity index (χ2v) is 5.44. The molecule has 1 atom stereocenters. The Hall–Kier alpha value is -0.450. The van der Waals surface area contributed by atoms with Crippen LogP contribution in [0.1, 0.15) is 19.8 Å². The van der Waals surface area contributed by atoms with Crippen LogP contribution in [-0.2, 0) is 4.79 Å². The zero-order valence-electron chi connectivity index (χ0n) is 11.1. The molecular weight excluding hydrogens is 214 g/mol. The minimum Gasteiger partial charge on any atom is -0.314 e. The summed E-state index contributed by atoms with van der Waals surface area (Å²) in [5.74, 6) is 0.774. The number of piperazine rings is 1. The Morgan fingerprint density at radius 1 is 1.18 bits per heavy atom. The van der Waals surface area contributed by atoms with Crippen molar-refractivity contribution in [1.82, 2.24) is 15.1 Å². The van der Waals surface area contributed by atoms with Gasteiger partial charge in [-0.2, -0.15) is 0 Å². The molecule has 2 fully saturated rings. The molecule has 0 saturated carbocycles. The average Bonchev–Trinajstić information content (AvgIpc) is 2.39. The van der Waals surface area contributed by atoms with E-state index in [1.165, 1.54) is 0 Å². The van der Waals surface area contributed by atoms with Crippen molar-refractivity contribution in [3.63, 3.8) is 0 Å². The minimum atomic E-state index is 0.116. The molecule has 4 nitrogen and oxygen atoms in total. The van der Waals surface area contributed by atoms with Gasteiger partial charge in [0.25, 0.3) is 0 Å². The standard InChI is InChI=1S/C13H25N3O/c1-11(16-9-5-14-6-10-16)13(17)12-3-7-15(2)8-4-12/h11-12,14H,3-10H2,1-2H3. The number of carbonyl (C=O) groups is 1. The van der Waals surface area contributed by atoms with Crippen LogP contribution in [0.5, 0.6) is 0 Å². The van der Waals surface area contributed by atoms with Gasteiger partial charge in [0, 0.05) is 32.1 Å². The van der Waals surface area contributed by atoms with E-state index in [9.17, 15) is 4.79 Å². The summed E-state index contributed by atoms with van der Waals surface area (Å²) in [5.41, 5.74) is 0. The Kier molecular flexibility index (Phi) is 4.54. The maximum atomic E-state index is 12.4. The van der Waals surface area contributed by atoms with Crippen molar-refractivity contribution >= 4 is 5.78 Å². The van der Waals surface area contributed by atoms with E-state index in [1.54, 1.807) is 0 Å². The second-order valence-electron chi connectivity index (χ2n) is 5.44. The molecule has 98 valence electrons. The molecule has 0 spiro atoms. The molecule has 1 unspecified atom stereocenters. The third kappa shape index (κ3) is 3.27. The van der Waals surface area contributed by atoms with Gasteiger partial charge >= 0.3 is 0 Å². The number of piperidine rings is 1. The van der Waals surface area contributed by atoms with Crippen LogP contribution in [0.3, 0.4) is 0 Å². The predicted molar refractivity (Wildman–Crippen MR) is 69.1 cm³/mol. The number of hydrogen-bond donors (Lipinski definition) is 1. The molecule has 0 aromatic rings. The van der Waals surface area contributed by atoms with E-state index in [-0.39, 0.29) is 6.04 Å². The molecular formula is C13H25N3O. The molecule has 0 bridgehead atoms. The van der Waals surface area contributed by atoms with Crippen molar-refractivity contribution < 1.29 is 4.79 Å². The third-order valence-electron chi connectivity index (χ3n) is 4.23. The fourth-order valence-electron chi connectivity index (χ4n) is 2.88. The number of nitrogens with one attached hydrogen (secondary N) is 1. The zero-order chi connectivity index (χ0) is 12.3. The van der Waals surface area contributed by atoms with E-state index < -0.39 is 0 Å². The summed E-state index contributed by atoms with van der Waals surface area (Å²) < 4.78 is 0. The monoisotopic (exact) mass is 239 g/mol. The van der Waals surface area contributed by atoms with Crippen LogP contribution in [0.4, 0.5) is 0 Å². The molecule has 2 rings (SSSR count). The molecule has 17 heavy (non-hydrogen) atoms. The molecule has 1 N–H and O–H groups in total. The highest BCUT2D eigenvalue weighted by Crippen LogP contribution is 2.20. The summed E-state index contributed by atoms with van der Waals surface area (Å²) in [6.45, 7) is 8.30. The highest BCUT2D eigenvalue weighted by atomic mass is 16.1. The van der Waals surface area contributed by atoms with Gasteiger partial charge in [0.2, 0.25) is 0 Å². The van der Waals surface area contributed by atoms with E-state index in [1.807, 2.05) is 0 Å². The smallest absolute Gasteiger partial charge is 0.152 e. The lowest BCUT2D eigenvalue weighted by molar-refractivity contribution is -0.129. The van der Waals surface area contributed by atoms with Crippen molar-refractivity contribution in [3.05, 3.63) is 0 Å². The number of hydrogen-bond acceptors (Lipinski definition) is 4. The van der Waals surface area contributed by atoms with E-state index in [0.29, 0.717) is 11.7 Å². The van der Waals surface area contributed by atoms with Crippen LogP contribution in [0.15, 0.2) is 0 Å². The molecule has 0 aliphatic carbocycles. The molecule has 0 aromatic carbocycles. The summed E-state index contributed by atoms with van der Waals surface area (Å²) in [6.07, 6.45) is 2.09. The van der Waals surface area contributed by atoms with Gasteiger partial charge in [0.15, 0.2) is 5.78 Å². The first-order valence-electron chi connectivity index (χ1n) is 6.85. The summed E-state index contributed by atoms with van der Waals surface area (Å²) in [5, 5.41) is 3.33. The number of likely N-dealkylation sites (tertiary alicyclic amines) is 1. The van der Waals surface area contributed by atoms with E-state index in [2.05, 4.69) is 29.1 Å². The minimum absolute atomic E-state index is 0.116. The number of rotatable bonds is 3. The maximum Gasteiger partial charge on any atom is 0.152 e. The van der Waals surface area contributed by atoms with Crippen LogP contribution in [-0.4, -0.2) is 67.9 Å². The van der Waals surface area contributed by atoms with Crippen molar-refractivity contribution in [2.24, 2.45) is 5.92 Å². The summed E-state index contributed by atoms with van der Waals surface area (Å²) in [4.78, 5) is 17.1. The largest absolute Gasteiger partial charge is 0.314 e. The first kappa shape index (κ1) is 13.0. The van der Waals surface area contributed by atoms with Crippen LogP contribution in [0, 0.1) is 5.92 Å². The molecule has 2 heterocycles. The quantitative estimate of drug-likeness (QED) is 0.763. The van der Waals surface area contributed by atoms with Gasteiger partial charge < -0.3 is 10.2 Å². The second kappa shape index (κ2) is 5.94.